The predicted molar refractivity (Wildman–Crippen MR) is 193 cm³/mol. The number of aromatic nitrogens is 1. The van der Waals surface area contributed by atoms with Gasteiger partial charge in [0.05, 0.1) is 41.4 Å². The standard InChI is InChI=1S/C37H31Br3N2O6/c1-4-18-13-21(38)14-24-25(37(46)48-17(2)34(43)20-7-11-23(47-3)12-8-20)16-28(41-33(18)24)19-5-9-22(10-6-19)42-35(44)29-26-15-27(30(29)36(42)45)32(40)31(26)39/h5-14,16-17,26-27,29-32H,4,15H2,1-3H3. The summed E-state index contributed by atoms with van der Waals surface area (Å²) in [5, 5.41) is 0.598. The molecule has 7 unspecified atom stereocenters. The van der Waals surface area contributed by atoms with E-state index in [0.717, 1.165) is 16.5 Å². The van der Waals surface area contributed by atoms with Crippen molar-refractivity contribution in [3.8, 4) is 17.0 Å². The fourth-order valence-electron chi connectivity index (χ4n) is 7.60. The smallest absolute Gasteiger partial charge is 0.339 e. The normalized spacial score (nSPS) is 25.0. The van der Waals surface area contributed by atoms with Crippen molar-refractivity contribution >= 4 is 87.9 Å². The zero-order valence-electron chi connectivity index (χ0n) is 26.3. The second kappa shape index (κ2) is 12.8. The van der Waals surface area contributed by atoms with E-state index in [0.29, 0.717) is 45.6 Å². The Balaban J connectivity index is 1.20. The molecule has 1 saturated heterocycles. The minimum Gasteiger partial charge on any atom is -0.497 e. The first-order valence-corrected chi connectivity index (χ1v) is 18.4. The molecule has 2 aliphatic carbocycles. The zero-order valence-corrected chi connectivity index (χ0v) is 31.0. The average Bonchev–Trinajstić information content (AvgIpc) is 3.71. The van der Waals surface area contributed by atoms with Crippen LogP contribution in [-0.4, -0.2) is 51.4 Å². The van der Waals surface area contributed by atoms with Crippen LogP contribution >= 0.6 is 47.8 Å². The van der Waals surface area contributed by atoms with Crippen LogP contribution in [-0.2, 0) is 20.7 Å². The molecular formula is C37H31Br3N2O6. The van der Waals surface area contributed by atoms with E-state index in [-0.39, 0.29) is 56.5 Å². The minimum absolute atomic E-state index is 0.132. The van der Waals surface area contributed by atoms with Crippen LogP contribution in [0.3, 0.4) is 0 Å². The number of benzene rings is 3. The van der Waals surface area contributed by atoms with Crippen molar-refractivity contribution in [2.45, 2.75) is 42.4 Å². The first kappa shape index (κ1) is 33.1. The van der Waals surface area contributed by atoms with Gasteiger partial charge in [0.15, 0.2) is 6.10 Å². The van der Waals surface area contributed by atoms with Gasteiger partial charge in [-0.25, -0.2) is 9.78 Å². The number of Topliss-reactive ketones (excluding diaryl/α,β-unsaturated/α-hetero) is 1. The summed E-state index contributed by atoms with van der Waals surface area (Å²) in [6.07, 6.45) is 0.494. The van der Waals surface area contributed by atoms with Crippen LogP contribution in [0.4, 0.5) is 5.69 Å². The van der Waals surface area contributed by atoms with Crippen LogP contribution in [0.15, 0.2) is 71.2 Å². The van der Waals surface area contributed by atoms with E-state index in [1.165, 1.54) is 4.90 Å². The van der Waals surface area contributed by atoms with Gasteiger partial charge in [-0.2, -0.15) is 0 Å². The molecule has 0 radical (unpaired) electrons. The highest BCUT2D eigenvalue weighted by molar-refractivity contribution is 9.12. The number of ketones is 1. The van der Waals surface area contributed by atoms with E-state index < -0.39 is 12.1 Å². The van der Waals surface area contributed by atoms with E-state index in [9.17, 15) is 19.2 Å². The third-order valence-corrected chi connectivity index (χ3v) is 13.7. The van der Waals surface area contributed by atoms with E-state index in [2.05, 4.69) is 47.8 Å². The Kier molecular flexibility index (Phi) is 8.83. The molecule has 4 aromatic rings. The van der Waals surface area contributed by atoms with E-state index in [4.69, 9.17) is 14.5 Å². The largest absolute Gasteiger partial charge is 0.497 e. The molecule has 1 aromatic heterocycles. The van der Waals surface area contributed by atoms with Gasteiger partial charge in [0, 0.05) is 30.6 Å². The van der Waals surface area contributed by atoms with Crippen LogP contribution in [0.25, 0.3) is 22.2 Å². The highest BCUT2D eigenvalue weighted by Gasteiger charge is 2.66. The predicted octanol–water partition coefficient (Wildman–Crippen LogP) is 7.95. The molecule has 8 nitrogen and oxygen atoms in total. The Labute approximate surface area is 303 Å². The van der Waals surface area contributed by atoms with Gasteiger partial charge in [0.25, 0.3) is 0 Å². The number of imide groups is 1. The number of carbonyl (C=O) groups excluding carboxylic acids is 4. The van der Waals surface area contributed by atoms with Crippen LogP contribution in [0.1, 0.15) is 46.5 Å². The summed E-state index contributed by atoms with van der Waals surface area (Å²) in [6.45, 7) is 3.57. The average molecular weight is 839 g/mol. The lowest BCUT2D eigenvalue weighted by molar-refractivity contribution is -0.123. The number of methoxy groups -OCH3 is 1. The van der Waals surface area contributed by atoms with Crippen LogP contribution in [0.5, 0.6) is 5.75 Å². The van der Waals surface area contributed by atoms with Gasteiger partial charge in [-0.15, -0.1) is 0 Å². The van der Waals surface area contributed by atoms with Gasteiger partial charge in [-0.1, -0.05) is 66.8 Å². The van der Waals surface area contributed by atoms with E-state index >= 15 is 0 Å². The Morgan fingerprint density at radius 1 is 0.938 bits per heavy atom. The first-order valence-electron chi connectivity index (χ1n) is 15.8. The molecule has 7 rings (SSSR count). The van der Waals surface area contributed by atoms with Crippen LogP contribution in [0.2, 0.25) is 0 Å². The molecule has 2 bridgehead atoms. The summed E-state index contributed by atoms with van der Waals surface area (Å²) < 4.78 is 11.7. The van der Waals surface area contributed by atoms with Gasteiger partial charge in [0.1, 0.15) is 5.75 Å². The van der Waals surface area contributed by atoms with Gasteiger partial charge in [-0.3, -0.25) is 19.3 Å². The maximum Gasteiger partial charge on any atom is 0.339 e. The van der Waals surface area contributed by atoms with Crippen molar-refractivity contribution in [1.29, 1.82) is 0 Å². The topological polar surface area (TPSA) is 103 Å². The molecule has 1 aliphatic heterocycles. The summed E-state index contributed by atoms with van der Waals surface area (Å²) in [5.74, 6) is -0.996. The number of anilines is 1. The minimum atomic E-state index is -1.04. The van der Waals surface area contributed by atoms with Crippen molar-refractivity contribution in [3.63, 3.8) is 0 Å². The second-order valence-corrected chi connectivity index (χ2v) is 15.6. The van der Waals surface area contributed by atoms with E-state index in [1.54, 1.807) is 56.5 Å². The second-order valence-electron chi connectivity index (χ2n) is 12.6. The molecular weight excluding hydrogens is 808 g/mol. The summed E-state index contributed by atoms with van der Waals surface area (Å²) in [7, 11) is 1.55. The Morgan fingerprint density at radius 3 is 2.15 bits per heavy atom. The van der Waals surface area contributed by atoms with E-state index in [1.807, 2.05) is 31.2 Å². The number of rotatable bonds is 8. The summed E-state index contributed by atoms with van der Waals surface area (Å²) in [6, 6.07) is 19.2. The quantitative estimate of drug-likeness (QED) is 0.0769. The lowest BCUT2D eigenvalue weighted by atomic mass is 9.81. The van der Waals surface area contributed by atoms with Crippen LogP contribution in [0, 0.1) is 23.7 Å². The number of halogens is 3. The summed E-state index contributed by atoms with van der Waals surface area (Å²) in [5.41, 5.74) is 3.98. The Morgan fingerprint density at radius 2 is 1.56 bits per heavy atom. The molecule has 2 saturated carbocycles. The molecule has 3 fully saturated rings. The van der Waals surface area contributed by atoms with Gasteiger partial charge in [-0.05, 0) is 91.8 Å². The molecule has 3 aliphatic rings. The number of hydrogen-bond acceptors (Lipinski definition) is 7. The number of alkyl halides is 2. The molecule has 246 valence electrons. The Bertz CT molecular complexity index is 1950. The third kappa shape index (κ3) is 5.42. The number of aryl methyl sites for hydroxylation is 1. The highest BCUT2D eigenvalue weighted by Crippen LogP contribution is 2.60. The number of ether oxygens (including phenoxy) is 2. The maximum absolute atomic E-state index is 13.8. The fourth-order valence-corrected chi connectivity index (χ4v) is 9.98. The number of esters is 1. The number of carbonyl (C=O) groups is 4. The number of hydrogen-bond donors (Lipinski definition) is 0. The SMILES string of the molecule is CCc1cc(Br)cc2c(C(=O)OC(C)C(=O)c3ccc(OC)cc3)cc(-c3ccc(N4C(=O)C5C6CC(C(Br)C6Br)C5C4=O)cc3)nc12. The van der Waals surface area contributed by atoms with Crippen molar-refractivity contribution in [1.82, 2.24) is 4.98 Å². The number of pyridine rings is 1. The molecule has 11 heteroatoms. The molecule has 3 aromatic carbocycles. The molecule has 0 N–H and O–H groups in total. The zero-order chi connectivity index (χ0) is 34.0. The van der Waals surface area contributed by atoms with Crippen molar-refractivity contribution in [2.75, 3.05) is 12.0 Å². The molecule has 48 heavy (non-hydrogen) atoms. The molecule has 0 spiro atoms. The van der Waals surface area contributed by atoms with Gasteiger partial charge >= 0.3 is 5.97 Å². The molecule has 7 atom stereocenters. The summed E-state index contributed by atoms with van der Waals surface area (Å²) in [4.78, 5) is 60.7. The molecule has 2 amide bonds. The lowest BCUT2D eigenvalue weighted by Crippen LogP contribution is -2.37. The monoisotopic (exact) mass is 836 g/mol. The Hall–Kier alpha value is -3.41. The number of nitrogens with zero attached hydrogens (tertiary/aromatic N) is 2. The fraction of sp³-hybridized carbons (Fsp3) is 0.324. The van der Waals surface area contributed by atoms with Gasteiger partial charge in [0.2, 0.25) is 17.6 Å². The van der Waals surface area contributed by atoms with Gasteiger partial charge < -0.3 is 9.47 Å². The lowest BCUT2D eigenvalue weighted by Gasteiger charge is -2.28. The number of amides is 2. The highest BCUT2D eigenvalue weighted by atomic mass is 79.9. The van der Waals surface area contributed by atoms with Crippen LogP contribution < -0.4 is 9.64 Å². The first-order chi connectivity index (χ1) is 23.0. The maximum atomic E-state index is 13.8. The third-order valence-electron chi connectivity index (χ3n) is 9.99. The summed E-state index contributed by atoms with van der Waals surface area (Å²) >= 11 is 11.1. The van der Waals surface area contributed by atoms with Crippen molar-refractivity contribution in [3.05, 3.63) is 87.9 Å². The van der Waals surface area contributed by atoms with Crippen molar-refractivity contribution in [2.24, 2.45) is 23.7 Å². The van der Waals surface area contributed by atoms with Crippen molar-refractivity contribution < 1.29 is 28.7 Å². The molecule has 2 heterocycles. The number of fused-ring (bicyclic) bond motifs is 6.